The maximum atomic E-state index is 12.2. The lowest BCUT2D eigenvalue weighted by atomic mass is 10.1. The highest BCUT2D eigenvalue weighted by Crippen LogP contribution is 2.25. The van der Waals surface area contributed by atoms with Gasteiger partial charge in [0.05, 0.1) is 6.21 Å². The average molecular weight is 488 g/mol. The third kappa shape index (κ3) is 5.34. The quantitative estimate of drug-likeness (QED) is 0.236. The molecule has 0 bridgehead atoms. The highest BCUT2D eigenvalue weighted by atomic mass is 79.9. The molecule has 0 unspecified atom stereocenters. The molecule has 0 atom stereocenters. The van der Waals surface area contributed by atoms with E-state index >= 15 is 0 Å². The molecule has 0 fully saturated rings. The zero-order chi connectivity index (χ0) is 22.3. The number of nitrogens with zero attached hydrogens (tertiary/aromatic N) is 1. The topological polar surface area (TPSA) is 62.7 Å². The Kier molecular flexibility index (Phi) is 6.82. The molecule has 0 heterocycles. The van der Waals surface area contributed by atoms with E-state index in [1.165, 1.54) is 5.39 Å². The standard InChI is InChI=1S/C26H22BrN3O2/c1-18-7-2-5-12-24(18)29-26(31)30-28-16-21-15-22(27)13-14-25(21)32-17-20-10-6-9-19-8-3-4-11-23(19)20/h2-16H,17H2,1H3,(H2,29,30,31). The summed E-state index contributed by atoms with van der Waals surface area (Å²) in [6.45, 7) is 2.35. The number of urea groups is 1. The van der Waals surface area contributed by atoms with Crippen LogP contribution in [0.1, 0.15) is 16.7 Å². The van der Waals surface area contributed by atoms with Crippen LogP contribution in [0.5, 0.6) is 5.75 Å². The van der Waals surface area contributed by atoms with E-state index in [0.29, 0.717) is 12.4 Å². The van der Waals surface area contributed by atoms with Crippen LogP contribution in [-0.2, 0) is 6.61 Å². The number of hydrogen-bond donors (Lipinski definition) is 2. The third-order valence-electron chi connectivity index (χ3n) is 5.00. The molecule has 5 nitrogen and oxygen atoms in total. The van der Waals surface area contributed by atoms with Crippen molar-refractivity contribution in [3.05, 3.63) is 106 Å². The van der Waals surface area contributed by atoms with Gasteiger partial charge in [-0.2, -0.15) is 5.10 Å². The second-order valence-corrected chi connectivity index (χ2v) is 8.16. The van der Waals surface area contributed by atoms with E-state index in [4.69, 9.17) is 4.74 Å². The third-order valence-corrected chi connectivity index (χ3v) is 5.49. The summed E-state index contributed by atoms with van der Waals surface area (Å²) in [4.78, 5) is 12.2. The van der Waals surface area contributed by atoms with Crippen LogP contribution < -0.4 is 15.5 Å². The molecule has 0 saturated carbocycles. The number of amides is 2. The normalized spacial score (nSPS) is 10.9. The molecular formula is C26H22BrN3O2. The smallest absolute Gasteiger partial charge is 0.339 e. The largest absolute Gasteiger partial charge is 0.488 e. The number of rotatable bonds is 6. The molecule has 4 aromatic rings. The minimum atomic E-state index is -0.413. The van der Waals surface area contributed by atoms with E-state index in [0.717, 1.165) is 32.2 Å². The molecule has 0 spiro atoms. The lowest BCUT2D eigenvalue weighted by Gasteiger charge is -2.12. The van der Waals surface area contributed by atoms with E-state index in [9.17, 15) is 4.79 Å². The molecule has 2 amide bonds. The molecule has 6 heteroatoms. The predicted octanol–water partition coefficient (Wildman–Crippen LogP) is 6.65. The zero-order valence-corrected chi connectivity index (χ0v) is 19.1. The number of benzene rings is 4. The van der Waals surface area contributed by atoms with Crippen LogP contribution in [0.25, 0.3) is 10.8 Å². The Morgan fingerprint density at radius 3 is 2.66 bits per heavy atom. The maximum absolute atomic E-state index is 12.2. The summed E-state index contributed by atoms with van der Waals surface area (Å²) >= 11 is 3.48. The Labute approximate surface area is 195 Å². The Morgan fingerprint density at radius 2 is 1.78 bits per heavy atom. The number of halogens is 1. The van der Waals surface area contributed by atoms with Crippen molar-refractivity contribution in [2.75, 3.05) is 5.32 Å². The number of carbonyl (C=O) groups excluding carboxylic acids is 1. The minimum Gasteiger partial charge on any atom is -0.488 e. The lowest BCUT2D eigenvalue weighted by Crippen LogP contribution is -2.24. The van der Waals surface area contributed by atoms with Gasteiger partial charge in [-0.15, -0.1) is 0 Å². The van der Waals surface area contributed by atoms with E-state index in [-0.39, 0.29) is 0 Å². The van der Waals surface area contributed by atoms with Crippen molar-refractivity contribution in [1.82, 2.24) is 5.43 Å². The SMILES string of the molecule is Cc1ccccc1NC(=O)NN=Cc1cc(Br)ccc1OCc1cccc2ccccc12. The summed E-state index contributed by atoms with van der Waals surface area (Å²) < 4.78 is 7.00. The summed E-state index contributed by atoms with van der Waals surface area (Å²) in [6, 6.07) is 27.2. The Morgan fingerprint density at radius 1 is 1.00 bits per heavy atom. The monoisotopic (exact) mass is 487 g/mol. The van der Waals surface area contributed by atoms with Gasteiger partial charge in [-0.1, -0.05) is 76.6 Å². The first kappa shape index (κ1) is 21.6. The number of para-hydroxylation sites is 1. The summed E-state index contributed by atoms with van der Waals surface area (Å²) in [7, 11) is 0. The van der Waals surface area contributed by atoms with Crippen LogP contribution >= 0.6 is 15.9 Å². The molecule has 2 N–H and O–H groups in total. The molecule has 4 rings (SSSR count). The fourth-order valence-corrected chi connectivity index (χ4v) is 3.73. The molecule has 32 heavy (non-hydrogen) atoms. The van der Waals surface area contributed by atoms with Gasteiger partial charge in [-0.3, -0.25) is 0 Å². The van der Waals surface area contributed by atoms with Crippen molar-refractivity contribution in [3.63, 3.8) is 0 Å². The fourth-order valence-electron chi connectivity index (χ4n) is 3.35. The molecule has 160 valence electrons. The van der Waals surface area contributed by atoms with Gasteiger partial charge in [-0.25, -0.2) is 10.2 Å². The fraction of sp³-hybridized carbons (Fsp3) is 0.0769. The van der Waals surface area contributed by atoms with Gasteiger partial charge in [0.25, 0.3) is 0 Å². The van der Waals surface area contributed by atoms with Crippen molar-refractivity contribution in [1.29, 1.82) is 0 Å². The summed E-state index contributed by atoms with van der Waals surface area (Å²) in [5.41, 5.74) is 6.06. The van der Waals surface area contributed by atoms with Crippen molar-refractivity contribution >= 4 is 44.6 Å². The summed E-state index contributed by atoms with van der Waals surface area (Å²) in [5, 5.41) is 9.21. The molecule has 0 aliphatic rings. The number of hydrogen-bond acceptors (Lipinski definition) is 3. The maximum Gasteiger partial charge on any atom is 0.339 e. The number of nitrogens with one attached hydrogen (secondary N) is 2. The van der Waals surface area contributed by atoms with Crippen molar-refractivity contribution in [3.8, 4) is 5.75 Å². The molecule has 0 aliphatic carbocycles. The first-order valence-electron chi connectivity index (χ1n) is 10.1. The second-order valence-electron chi connectivity index (χ2n) is 7.25. The van der Waals surface area contributed by atoms with Gasteiger partial charge in [0.2, 0.25) is 0 Å². The number of anilines is 1. The first-order valence-corrected chi connectivity index (χ1v) is 10.9. The van der Waals surface area contributed by atoms with Crippen molar-refractivity contribution < 1.29 is 9.53 Å². The van der Waals surface area contributed by atoms with Crippen LogP contribution in [0, 0.1) is 6.92 Å². The average Bonchev–Trinajstić information content (AvgIpc) is 2.80. The molecule has 0 aliphatic heterocycles. The molecular weight excluding hydrogens is 466 g/mol. The van der Waals surface area contributed by atoms with Crippen molar-refractivity contribution in [2.45, 2.75) is 13.5 Å². The highest BCUT2D eigenvalue weighted by molar-refractivity contribution is 9.10. The zero-order valence-electron chi connectivity index (χ0n) is 17.5. The van der Waals surface area contributed by atoms with Gasteiger partial charge in [0, 0.05) is 15.7 Å². The van der Waals surface area contributed by atoms with Crippen molar-refractivity contribution in [2.24, 2.45) is 5.10 Å². The minimum absolute atomic E-state index is 0.413. The van der Waals surface area contributed by atoms with Crippen LogP contribution in [0.2, 0.25) is 0 Å². The molecule has 0 aromatic heterocycles. The van der Waals surface area contributed by atoms with Crippen LogP contribution in [-0.4, -0.2) is 12.2 Å². The van der Waals surface area contributed by atoms with E-state index in [2.05, 4.69) is 56.0 Å². The molecule has 0 saturated heterocycles. The van der Waals surface area contributed by atoms with Gasteiger partial charge < -0.3 is 10.1 Å². The Balaban J connectivity index is 1.45. The highest BCUT2D eigenvalue weighted by Gasteiger charge is 2.07. The lowest BCUT2D eigenvalue weighted by molar-refractivity contribution is 0.252. The summed E-state index contributed by atoms with van der Waals surface area (Å²) in [6.07, 6.45) is 1.57. The van der Waals surface area contributed by atoms with Gasteiger partial charge in [0.15, 0.2) is 0 Å². The summed E-state index contributed by atoms with van der Waals surface area (Å²) in [5.74, 6) is 0.672. The number of carbonyl (C=O) groups is 1. The van der Waals surface area contributed by atoms with Gasteiger partial charge in [-0.05, 0) is 53.1 Å². The van der Waals surface area contributed by atoms with Crippen LogP contribution in [0.15, 0.2) is 94.5 Å². The number of hydrazone groups is 1. The number of ether oxygens (including phenoxy) is 1. The second kappa shape index (κ2) is 10.1. The number of aryl methyl sites for hydroxylation is 1. The van der Waals surface area contributed by atoms with E-state index < -0.39 is 6.03 Å². The van der Waals surface area contributed by atoms with Gasteiger partial charge >= 0.3 is 6.03 Å². The molecule has 4 aromatic carbocycles. The Hall–Kier alpha value is -3.64. The molecule has 0 radical (unpaired) electrons. The van der Waals surface area contributed by atoms with Crippen LogP contribution in [0.4, 0.5) is 10.5 Å². The van der Waals surface area contributed by atoms with Gasteiger partial charge in [0.1, 0.15) is 12.4 Å². The predicted molar refractivity (Wildman–Crippen MR) is 133 cm³/mol. The first-order chi connectivity index (χ1) is 15.6. The van der Waals surface area contributed by atoms with E-state index in [1.54, 1.807) is 6.21 Å². The number of fused-ring (bicyclic) bond motifs is 1. The van der Waals surface area contributed by atoms with Crippen LogP contribution in [0.3, 0.4) is 0 Å². The van der Waals surface area contributed by atoms with E-state index in [1.807, 2.05) is 67.6 Å². The Bertz CT molecular complexity index is 1280.